The standard InChI is InChI=1S/C13H15BrClNO3/c1-19-12(17)4-2-3-7-16-13(18)10-6-5-9(15)8-11(10)14/h5-6,8H,2-4,7H2,1H3,(H,16,18). The molecule has 0 heterocycles. The van der Waals surface area contributed by atoms with E-state index in [1.807, 2.05) is 0 Å². The maximum atomic E-state index is 11.9. The molecule has 0 aliphatic heterocycles. The number of unbranched alkanes of at least 4 members (excludes halogenated alkanes) is 1. The summed E-state index contributed by atoms with van der Waals surface area (Å²) in [4.78, 5) is 22.7. The van der Waals surface area contributed by atoms with Crippen LogP contribution in [0.3, 0.4) is 0 Å². The predicted molar refractivity (Wildman–Crippen MR) is 77.4 cm³/mol. The molecule has 0 aromatic heterocycles. The fraction of sp³-hybridized carbons (Fsp3) is 0.385. The van der Waals surface area contributed by atoms with E-state index >= 15 is 0 Å². The van der Waals surface area contributed by atoms with Crippen LogP contribution in [0.15, 0.2) is 22.7 Å². The van der Waals surface area contributed by atoms with Gasteiger partial charge in [-0.1, -0.05) is 11.6 Å². The van der Waals surface area contributed by atoms with Crippen LogP contribution >= 0.6 is 27.5 Å². The highest BCUT2D eigenvalue weighted by atomic mass is 79.9. The molecule has 1 rings (SSSR count). The van der Waals surface area contributed by atoms with Gasteiger partial charge in [0.25, 0.3) is 5.91 Å². The molecule has 1 N–H and O–H groups in total. The van der Waals surface area contributed by atoms with Gasteiger partial charge in [-0.3, -0.25) is 9.59 Å². The van der Waals surface area contributed by atoms with Gasteiger partial charge in [-0.2, -0.15) is 0 Å². The Kier molecular flexibility index (Phi) is 6.87. The van der Waals surface area contributed by atoms with E-state index in [2.05, 4.69) is 26.0 Å². The normalized spacial score (nSPS) is 10.1. The van der Waals surface area contributed by atoms with Gasteiger partial charge >= 0.3 is 5.97 Å². The van der Waals surface area contributed by atoms with Gasteiger partial charge in [-0.25, -0.2) is 0 Å². The van der Waals surface area contributed by atoms with Crippen molar-refractivity contribution < 1.29 is 14.3 Å². The summed E-state index contributed by atoms with van der Waals surface area (Å²) in [7, 11) is 1.36. The summed E-state index contributed by atoms with van der Waals surface area (Å²) in [5.74, 6) is -0.395. The molecular weight excluding hydrogens is 334 g/mol. The molecule has 0 saturated heterocycles. The minimum absolute atomic E-state index is 0.165. The molecule has 1 amide bonds. The van der Waals surface area contributed by atoms with E-state index in [1.165, 1.54) is 7.11 Å². The molecule has 0 spiro atoms. The Morgan fingerprint density at radius 2 is 2.11 bits per heavy atom. The average Bonchev–Trinajstić information content (AvgIpc) is 2.37. The van der Waals surface area contributed by atoms with Crippen LogP contribution in [0, 0.1) is 0 Å². The molecule has 1 aromatic rings. The molecule has 0 aliphatic carbocycles. The third kappa shape index (κ3) is 5.61. The second kappa shape index (κ2) is 8.17. The quantitative estimate of drug-likeness (QED) is 0.634. The van der Waals surface area contributed by atoms with Crippen molar-refractivity contribution in [1.29, 1.82) is 0 Å². The van der Waals surface area contributed by atoms with E-state index in [1.54, 1.807) is 18.2 Å². The fourth-order valence-electron chi connectivity index (χ4n) is 1.47. The van der Waals surface area contributed by atoms with Crippen LogP contribution in [0.1, 0.15) is 29.6 Å². The van der Waals surface area contributed by atoms with E-state index < -0.39 is 0 Å². The number of benzene rings is 1. The topological polar surface area (TPSA) is 55.4 Å². The van der Waals surface area contributed by atoms with Crippen LogP contribution in [0.25, 0.3) is 0 Å². The highest BCUT2D eigenvalue weighted by molar-refractivity contribution is 9.10. The predicted octanol–water partition coefficient (Wildman–Crippen LogP) is 3.18. The van der Waals surface area contributed by atoms with Crippen LogP contribution in [0.4, 0.5) is 0 Å². The van der Waals surface area contributed by atoms with Crippen molar-refractivity contribution in [3.05, 3.63) is 33.3 Å². The van der Waals surface area contributed by atoms with Crippen LogP contribution in [-0.2, 0) is 9.53 Å². The maximum Gasteiger partial charge on any atom is 0.305 e. The number of hydrogen-bond donors (Lipinski definition) is 1. The molecule has 6 heteroatoms. The van der Waals surface area contributed by atoms with Gasteiger partial charge in [0.2, 0.25) is 0 Å². The lowest BCUT2D eigenvalue weighted by Crippen LogP contribution is -2.24. The second-order valence-electron chi connectivity index (χ2n) is 3.91. The van der Waals surface area contributed by atoms with Gasteiger partial charge in [0, 0.05) is 22.5 Å². The van der Waals surface area contributed by atoms with Crippen molar-refractivity contribution in [3.63, 3.8) is 0 Å². The van der Waals surface area contributed by atoms with E-state index in [9.17, 15) is 9.59 Å². The number of amides is 1. The number of methoxy groups -OCH3 is 1. The summed E-state index contributed by atoms with van der Waals surface area (Å²) in [6.45, 7) is 0.519. The van der Waals surface area contributed by atoms with E-state index in [0.29, 0.717) is 34.4 Å². The van der Waals surface area contributed by atoms with Gasteiger partial charge in [0.05, 0.1) is 12.7 Å². The van der Waals surface area contributed by atoms with E-state index in [-0.39, 0.29) is 11.9 Å². The number of rotatable bonds is 6. The number of ether oxygens (including phenoxy) is 1. The molecular formula is C13H15BrClNO3. The zero-order valence-corrected chi connectivity index (χ0v) is 12.9. The molecule has 4 nitrogen and oxygen atoms in total. The number of carbonyl (C=O) groups excluding carboxylic acids is 2. The number of nitrogens with one attached hydrogen (secondary N) is 1. The lowest BCUT2D eigenvalue weighted by atomic mass is 10.2. The molecule has 0 radical (unpaired) electrons. The fourth-order valence-corrected chi connectivity index (χ4v) is 2.33. The Bertz CT molecular complexity index is 465. The number of carbonyl (C=O) groups is 2. The van der Waals surface area contributed by atoms with Crippen molar-refractivity contribution >= 4 is 39.4 Å². The van der Waals surface area contributed by atoms with E-state index in [0.717, 1.165) is 6.42 Å². The third-order valence-corrected chi connectivity index (χ3v) is 3.39. The summed E-state index contributed by atoms with van der Waals surface area (Å²) in [6.07, 6.45) is 1.79. The number of esters is 1. The highest BCUT2D eigenvalue weighted by Crippen LogP contribution is 2.21. The minimum atomic E-state index is -0.230. The molecule has 0 unspecified atom stereocenters. The van der Waals surface area contributed by atoms with Crippen molar-refractivity contribution in [2.45, 2.75) is 19.3 Å². The van der Waals surface area contributed by atoms with Gasteiger partial charge in [0.15, 0.2) is 0 Å². The molecule has 19 heavy (non-hydrogen) atoms. The SMILES string of the molecule is COC(=O)CCCCNC(=O)c1ccc(Cl)cc1Br. The average molecular weight is 349 g/mol. The Labute approximate surface area is 125 Å². The maximum absolute atomic E-state index is 11.9. The first-order chi connectivity index (χ1) is 9.04. The van der Waals surface area contributed by atoms with Crippen molar-refractivity contribution in [3.8, 4) is 0 Å². The van der Waals surface area contributed by atoms with Crippen LogP contribution in [0.2, 0.25) is 5.02 Å². The molecule has 0 saturated carbocycles. The monoisotopic (exact) mass is 347 g/mol. The van der Waals surface area contributed by atoms with Gasteiger partial charge < -0.3 is 10.1 Å². The summed E-state index contributed by atoms with van der Waals surface area (Å²) in [5.41, 5.74) is 0.539. The highest BCUT2D eigenvalue weighted by Gasteiger charge is 2.09. The summed E-state index contributed by atoms with van der Waals surface area (Å²) >= 11 is 9.10. The Hall–Kier alpha value is -1.07. The Morgan fingerprint density at radius 3 is 2.74 bits per heavy atom. The zero-order valence-electron chi connectivity index (χ0n) is 10.5. The van der Waals surface area contributed by atoms with Crippen molar-refractivity contribution in [2.75, 3.05) is 13.7 Å². The second-order valence-corrected chi connectivity index (χ2v) is 5.20. The Morgan fingerprint density at radius 1 is 1.37 bits per heavy atom. The number of hydrogen-bond acceptors (Lipinski definition) is 3. The van der Waals surface area contributed by atoms with E-state index in [4.69, 9.17) is 11.6 Å². The first-order valence-corrected chi connectivity index (χ1v) is 7.01. The first kappa shape index (κ1) is 16.0. The zero-order chi connectivity index (χ0) is 14.3. The minimum Gasteiger partial charge on any atom is -0.469 e. The smallest absolute Gasteiger partial charge is 0.305 e. The van der Waals surface area contributed by atoms with Crippen molar-refractivity contribution in [2.24, 2.45) is 0 Å². The van der Waals surface area contributed by atoms with Crippen LogP contribution in [-0.4, -0.2) is 25.5 Å². The lowest BCUT2D eigenvalue weighted by molar-refractivity contribution is -0.140. The molecule has 0 atom stereocenters. The molecule has 104 valence electrons. The number of halogens is 2. The first-order valence-electron chi connectivity index (χ1n) is 5.84. The molecule has 1 aromatic carbocycles. The summed E-state index contributed by atoms with van der Waals surface area (Å²) in [6, 6.07) is 5.00. The van der Waals surface area contributed by atoms with Crippen LogP contribution in [0.5, 0.6) is 0 Å². The Balaban J connectivity index is 2.33. The summed E-state index contributed by atoms with van der Waals surface area (Å²) in [5, 5.41) is 3.36. The summed E-state index contributed by atoms with van der Waals surface area (Å²) < 4.78 is 5.19. The molecule has 0 fully saturated rings. The third-order valence-electron chi connectivity index (χ3n) is 2.50. The van der Waals surface area contributed by atoms with Crippen LogP contribution < -0.4 is 5.32 Å². The van der Waals surface area contributed by atoms with Gasteiger partial charge in [0.1, 0.15) is 0 Å². The van der Waals surface area contributed by atoms with Gasteiger partial charge in [-0.05, 0) is 47.0 Å². The lowest BCUT2D eigenvalue weighted by Gasteiger charge is -2.07. The van der Waals surface area contributed by atoms with Crippen molar-refractivity contribution in [1.82, 2.24) is 5.32 Å². The largest absolute Gasteiger partial charge is 0.469 e. The van der Waals surface area contributed by atoms with Gasteiger partial charge in [-0.15, -0.1) is 0 Å². The molecule has 0 aliphatic rings. The molecule has 0 bridgehead atoms.